The molecule has 0 saturated carbocycles. The number of nitrogens with zero attached hydrogens (tertiary/aromatic N) is 1. The first-order chi connectivity index (χ1) is 9.24. The second-order valence-electron chi connectivity index (χ2n) is 5.10. The lowest BCUT2D eigenvalue weighted by atomic mass is 10.1. The van der Waals surface area contributed by atoms with Crippen molar-refractivity contribution < 1.29 is 4.79 Å². The number of thiol groups is 1. The van der Waals surface area contributed by atoms with Gasteiger partial charge in [-0.25, -0.2) is 0 Å². The molecule has 1 aliphatic heterocycles. The van der Waals surface area contributed by atoms with Crippen molar-refractivity contribution in [2.45, 2.75) is 30.6 Å². The van der Waals surface area contributed by atoms with Gasteiger partial charge >= 0.3 is 0 Å². The fourth-order valence-electron chi connectivity index (χ4n) is 2.40. The van der Waals surface area contributed by atoms with E-state index in [9.17, 15) is 4.79 Å². The summed E-state index contributed by atoms with van der Waals surface area (Å²) in [5.74, 6) is 0.105. The van der Waals surface area contributed by atoms with Crippen LogP contribution in [-0.4, -0.2) is 37.0 Å². The van der Waals surface area contributed by atoms with Gasteiger partial charge in [-0.05, 0) is 56.6 Å². The summed E-state index contributed by atoms with van der Waals surface area (Å²) >= 11 is 4.23. The Balaban J connectivity index is 1.60. The molecule has 0 spiro atoms. The van der Waals surface area contributed by atoms with E-state index in [1.807, 2.05) is 24.3 Å². The molecule has 1 aliphatic rings. The molecule has 2 rings (SSSR count). The summed E-state index contributed by atoms with van der Waals surface area (Å²) in [4.78, 5) is 15.1. The Labute approximate surface area is 120 Å². The maximum atomic E-state index is 11.7. The van der Waals surface area contributed by atoms with Crippen LogP contribution in [0.15, 0.2) is 29.2 Å². The molecule has 3 nitrogen and oxygen atoms in total. The molecule has 0 radical (unpaired) electrons. The van der Waals surface area contributed by atoms with Crippen LogP contribution in [0, 0.1) is 0 Å². The molecule has 0 aliphatic carbocycles. The lowest BCUT2D eigenvalue weighted by Crippen LogP contribution is -2.29. The zero-order valence-electron chi connectivity index (χ0n) is 11.3. The molecular formula is C15H22N2OS. The van der Waals surface area contributed by atoms with E-state index >= 15 is 0 Å². The number of hydrogen-bond acceptors (Lipinski definition) is 3. The van der Waals surface area contributed by atoms with Crippen molar-refractivity contribution >= 4 is 18.5 Å². The van der Waals surface area contributed by atoms with Crippen molar-refractivity contribution in [1.82, 2.24) is 10.2 Å². The van der Waals surface area contributed by atoms with Gasteiger partial charge in [0.1, 0.15) is 0 Å². The number of rotatable bonds is 6. The second kappa shape index (κ2) is 7.56. The zero-order valence-corrected chi connectivity index (χ0v) is 12.2. The van der Waals surface area contributed by atoms with Gasteiger partial charge in [0.2, 0.25) is 5.91 Å². The summed E-state index contributed by atoms with van der Waals surface area (Å²) in [6.07, 6.45) is 4.15. The fourth-order valence-corrected chi connectivity index (χ4v) is 2.55. The minimum atomic E-state index is 0.105. The number of carbonyl (C=O) groups excluding carboxylic acids is 1. The zero-order chi connectivity index (χ0) is 13.5. The molecule has 104 valence electrons. The molecule has 1 N–H and O–H groups in total. The SMILES string of the molecule is O=C(Cc1ccc(S)cc1)NCCCN1CCCC1. The van der Waals surface area contributed by atoms with Crippen molar-refractivity contribution in [2.24, 2.45) is 0 Å². The van der Waals surface area contributed by atoms with Crippen molar-refractivity contribution in [3.63, 3.8) is 0 Å². The minimum Gasteiger partial charge on any atom is -0.356 e. The predicted molar refractivity (Wildman–Crippen MR) is 80.7 cm³/mol. The number of amides is 1. The first-order valence-corrected chi connectivity index (χ1v) is 7.46. The smallest absolute Gasteiger partial charge is 0.224 e. The van der Waals surface area contributed by atoms with Gasteiger partial charge in [-0.3, -0.25) is 4.79 Å². The Hall–Kier alpha value is -1.00. The predicted octanol–water partition coefficient (Wildman–Crippen LogP) is 2.12. The van der Waals surface area contributed by atoms with Crippen LogP contribution in [0.4, 0.5) is 0 Å². The number of nitrogens with one attached hydrogen (secondary N) is 1. The first kappa shape index (κ1) is 14.4. The topological polar surface area (TPSA) is 32.3 Å². The molecular weight excluding hydrogens is 256 g/mol. The van der Waals surface area contributed by atoms with Gasteiger partial charge < -0.3 is 10.2 Å². The van der Waals surface area contributed by atoms with E-state index in [4.69, 9.17) is 0 Å². The second-order valence-corrected chi connectivity index (χ2v) is 5.61. The van der Waals surface area contributed by atoms with Gasteiger partial charge in [0.25, 0.3) is 0 Å². The molecule has 1 aromatic rings. The van der Waals surface area contributed by atoms with Crippen LogP contribution in [-0.2, 0) is 11.2 Å². The summed E-state index contributed by atoms with van der Waals surface area (Å²) in [7, 11) is 0. The fraction of sp³-hybridized carbons (Fsp3) is 0.533. The van der Waals surface area contributed by atoms with Gasteiger partial charge in [0.05, 0.1) is 6.42 Å². The summed E-state index contributed by atoms with van der Waals surface area (Å²) < 4.78 is 0. The minimum absolute atomic E-state index is 0.105. The van der Waals surface area contributed by atoms with E-state index in [0.29, 0.717) is 6.42 Å². The van der Waals surface area contributed by atoms with Crippen molar-refractivity contribution in [3.05, 3.63) is 29.8 Å². The van der Waals surface area contributed by atoms with Crippen LogP contribution in [0.1, 0.15) is 24.8 Å². The Morgan fingerprint density at radius 3 is 2.58 bits per heavy atom. The van der Waals surface area contributed by atoms with Crippen LogP contribution < -0.4 is 5.32 Å². The van der Waals surface area contributed by atoms with Crippen LogP contribution in [0.3, 0.4) is 0 Å². The summed E-state index contributed by atoms with van der Waals surface area (Å²) in [5, 5.41) is 2.99. The maximum Gasteiger partial charge on any atom is 0.224 e. The van der Waals surface area contributed by atoms with E-state index in [-0.39, 0.29) is 5.91 Å². The van der Waals surface area contributed by atoms with E-state index in [0.717, 1.165) is 30.0 Å². The molecule has 1 saturated heterocycles. The van der Waals surface area contributed by atoms with Crippen LogP contribution >= 0.6 is 12.6 Å². The molecule has 0 atom stereocenters. The molecule has 0 aromatic heterocycles. The maximum absolute atomic E-state index is 11.7. The van der Waals surface area contributed by atoms with Crippen LogP contribution in [0.5, 0.6) is 0 Å². The van der Waals surface area contributed by atoms with Crippen molar-refractivity contribution in [1.29, 1.82) is 0 Å². The molecule has 1 fully saturated rings. The Bertz CT molecular complexity index is 399. The van der Waals surface area contributed by atoms with Crippen molar-refractivity contribution in [3.8, 4) is 0 Å². The Kier molecular flexibility index (Phi) is 5.73. The monoisotopic (exact) mass is 278 g/mol. The van der Waals surface area contributed by atoms with E-state index in [1.165, 1.54) is 25.9 Å². The largest absolute Gasteiger partial charge is 0.356 e. The number of likely N-dealkylation sites (tertiary alicyclic amines) is 1. The molecule has 0 bridgehead atoms. The summed E-state index contributed by atoms with van der Waals surface area (Å²) in [6.45, 7) is 4.34. The standard InChI is InChI=1S/C15H22N2OS/c18-15(12-13-4-6-14(19)7-5-13)16-8-3-11-17-9-1-2-10-17/h4-7,19H,1-3,8-12H2,(H,16,18). The molecule has 19 heavy (non-hydrogen) atoms. The lowest BCUT2D eigenvalue weighted by molar-refractivity contribution is -0.120. The van der Waals surface area contributed by atoms with Crippen molar-refractivity contribution in [2.75, 3.05) is 26.2 Å². The van der Waals surface area contributed by atoms with E-state index in [1.54, 1.807) is 0 Å². The van der Waals surface area contributed by atoms with Gasteiger partial charge in [0, 0.05) is 11.4 Å². The summed E-state index contributed by atoms with van der Waals surface area (Å²) in [5.41, 5.74) is 1.04. The van der Waals surface area contributed by atoms with Gasteiger partial charge in [-0.1, -0.05) is 12.1 Å². The number of benzene rings is 1. The Morgan fingerprint density at radius 2 is 1.89 bits per heavy atom. The molecule has 1 amide bonds. The lowest BCUT2D eigenvalue weighted by Gasteiger charge is -2.14. The van der Waals surface area contributed by atoms with Gasteiger partial charge in [-0.15, -0.1) is 12.6 Å². The highest BCUT2D eigenvalue weighted by Gasteiger charge is 2.10. The molecule has 1 heterocycles. The van der Waals surface area contributed by atoms with E-state index in [2.05, 4.69) is 22.8 Å². The Morgan fingerprint density at radius 1 is 1.21 bits per heavy atom. The average Bonchev–Trinajstić information content (AvgIpc) is 2.91. The third kappa shape index (κ3) is 5.25. The highest BCUT2D eigenvalue weighted by atomic mass is 32.1. The third-order valence-electron chi connectivity index (χ3n) is 3.47. The van der Waals surface area contributed by atoms with Gasteiger partial charge in [0.15, 0.2) is 0 Å². The normalized spacial score (nSPS) is 15.6. The number of carbonyl (C=O) groups is 1. The van der Waals surface area contributed by atoms with Crippen LogP contribution in [0.25, 0.3) is 0 Å². The molecule has 1 aromatic carbocycles. The highest BCUT2D eigenvalue weighted by molar-refractivity contribution is 7.80. The number of hydrogen-bond donors (Lipinski definition) is 2. The van der Waals surface area contributed by atoms with Gasteiger partial charge in [-0.2, -0.15) is 0 Å². The average molecular weight is 278 g/mol. The molecule has 4 heteroatoms. The van der Waals surface area contributed by atoms with E-state index < -0.39 is 0 Å². The third-order valence-corrected chi connectivity index (χ3v) is 3.77. The first-order valence-electron chi connectivity index (χ1n) is 7.01. The van der Waals surface area contributed by atoms with Crippen LogP contribution in [0.2, 0.25) is 0 Å². The quantitative estimate of drug-likeness (QED) is 0.617. The molecule has 0 unspecified atom stereocenters. The summed E-state index contributed by atoms with van der Waals surface area (Å²) in [6, 6.07) is 7.73. The highest BCUT2D eigenvalue weighted by Crippen LogP contribution is 2.08.